The van der Waals surface area contributed by atoms with Crippen molar-refractivity contribution in [3.63, 3.8) is 0 Å². The maximum atomic E-state index is 5.71. The summed E-state index contributed by atoms with van der Waals surface area (Å²) in [5.74, 6) is 1.59. The number of fused-ring (bicyclic) bond motifs is 1. The molecular weight excluding hydrogens is 228 g/mol. The lowest BCUT2D eigenvalue weighted by atomic mass is 10.3. The molecule has 3 heterocycles. The molecule has 3 rings (SSSR count). The van der Waals surface area contributed by atoms with Crippen molar-refractivity contribution in [2.75, 3.05) is 12.8 Å². The van der Waals surface area contributed by atoms with Crippen LogP contribution in [0.15, 0.2) is 22.3 Å². The van der Waals surface area contributed by atoms with Crippen LogP contribution < -0.4 is 10.5 Å². The monoisotopic (exact) mass is 236 g/mol. The molecule has 0 aliphatic rings. The lowest BCUT2D eigenvalue weighted by molar-refractivity contribution is 0.342. The van der Waals surface area contributed by atoms with E-state index < -0.39 is 0 Å². The molecule has 0 aliphatic carbocycles. The molecule has 0 fully saturated rings. The highest BCUT2D eigenvalue weighted by atomic mass is 32.1. The Morgan fingerprint density at radius 3 is 3.19 bits per heavy atom. The number of imidazole rings is 1. The van der Waals surface area contributed by atoms with Gasteiger partial charge in [-0.3, -0.25) is 4.40 Å². The van der Waals surface area contributed by atoms with E-state index in [0.717, 1.165) is 10.5 Å². The summed E-state index contributed by atoms with van der Waals surface area (Å²) in [4.78, 5) is 4.92. The molecule has 0 atom stereocenters. The third-order valence-electron chi connectivity index (χ3n) is 2.24. The number of nitrogen functional groups attached to an aromatic ring is 1. The Morgan fingerprint density at radius 1 is 1.56 bits per heavy atom. The molecule has 0 bridgehead atoms. The van der Waals surface area contributed by atoms with Crippen LogP contribution in [0, 0.1) is 0 Å². The molecule has 7 heteroatoms. The highest BCUT2D eigenvalue weighted by Gasteiger charge is 2.14. The second kappa shape index (κ2) is 3.24. The van der Waals surface area contributed by atoms with E-state index in [1.54, 1.807) is 19.5 Å². The van der Waals surface area contributed by atoms with Crippen molar-refractivity contribution in [2.45, 2.75) is 0 Å². The van der Waals surface area contributed by atoms with Gasteiger partial charge in [0.05, 0.1) is 13.2 Å². The Labute approximate surface area is 94.3 Å². The molecule has 0 saturated heterocycles. The molecule has 2 N–H and O–H groups in total. The highest BCUT2D eigenvalue weighted by Crippen LogP contribution is 2.30. The van der Waals surface area contributed by atoms with Crippen molar-refractivity contribution in [3.05, 3.63) is 17.8 Å². The number of thiazole rings is 1. The highest BCUT2D eigenvalue weighted by molar-refractivity contribution is 7.16. The maximum absolute atomic E-state index is 5.71. The van der Waals surface area contributed by atoms with Gasteiger partial charge in [0.2, 0.25) is 0 Å². The average molecular weight is 236 g/mol. The summed E-state index contributed by atoms with van der Waals surface area (Å²) < 4.78 is 12.0. The molecule has 0 unspecified atom stereocenters. The summed E-state index contributed by atoms with van der Waals surface area (Å²) in [6.45, 7) is 0. The topological polar surface area (TPSA) is 78.6 Å². The summed E-state index contributed by atoms with van der Waals surface area (Å²) in [6.07, 6.45) is 1.66. The molecule has 3 aromatic heterocycles. The fourth-order valence-corrected chi connectivity index (χ4v) is 2.35. The number of ether oxygens (including phenoxy) is 1. The molecule has 0 aromatic carbocycles. The van der Waals surface area contributed by atoms with Crippen molar-refractivity contribution in [1.82, 2.24) is 14.5 Å². The first kappa shape index (κ1) is 9.22. The third kappa shape index (κ3) is 1.18. The van der Waals surface area contributed by atoms with Crippen molar-refractivity contribution in [1.29, 1.82) is 0 Å². The van der Waals surface area contributed by atoms with Crippen LogP contribution in [0.5, 0.6) is 5.88 Å². The van der Waals surface area contributed by atoms with Crippen LogP contribution in [0.2, 0.25) is 0 Å². The number of nitrogens with two attached hydrogens (primary N) is 1. The van der Waals surface area contributed by atoms with Crippen molar-refractivity contribution in [2.24, 2.45) is 0 Å². The number of anilines is 1. The van der Waals surface area contributed by atoms with Crippen LogP contribution >= 0.6 is 11.3 Å². The first-order valence-corrected chi connectivity index (χ1v) is 5.38. The Hall–Kier alpha value is -2.02. The van der Waals surface area contributed by atoms with E-state index >= 15 is 0 Å². The molecule has 0 saturated carbocycles. The van der Waals surface area contributed by atoms with E-state index in [-0.39, 0.29) is 0 Å². The first-order valence-electron chi connectivity index (χ1n) is 4.50. The zero-order chi connectivity index (χ0) is 11.1. The quantitative estimate of drug-likeness (QED) is 0.731. The SMILES string of the molecule is COc1cc(-c2csc3c(N)ncn23)on1. The van der Waals surface area contributed by atoms with Crippen LogP contribution in [0.4, 0.5) is 5.82 Å². The average Bonchev–Trinajstić information content (AvgIpc) is 2.96. The van der Waals surface area contributed by atoms with E-state index in [4.69, 9.17) is 15.0 Å². The largest absolute Gasteiger partial charge is 0.479 e. The minimum absolute atomic E-state index is 0.447. The van der Waals surface area contributed by atoms with Crippen LogP contribution in [0.25, 0.3) is 16.3 Å². The molecule has 0 spiro atoms. The maximum Gasteiger partial charge on any atom is 0.254 e. The molecule has 16 heavy (non-hydrogen) atoms. The predicted molar refractivity (Wildman–Crippen MR) is 59.5 cm³/mol. The van der Waals surface area contributed by atoms with Gasteiger partial charge in [-0.05, 0) is 5.16 Å². The van der Waals surface area contributed by atoms with E-state index in [2.05, 4.69) is 10.1 Å². The second-order valence-corrected chi connectivity index (χ2v) is 4.02. The van der Waals surface area contributed by atoms with E-state index in [0.29, 0.717) is 17.5 Å². The van der Waals surface area contributed by atoms with Gasteiger partial charge in [-0.25, -0.2) is 4.98 Å². The van der Waals surface area contributed by atoms with Crippen LogP contribution in [0.3, 0.4) is 0 Å². The Balaban J connectivity index is 2.18. The molecule has 82 valence electrons. The number of rotatable bonds is 2. The number of hydrogen-bond acceptors (Lipinski definition) is 6. The fraction of sp³-hybridized carbons (Fsp3) is 0.111. The fourth-order valence-electron chi connectivity index (χ4n) is 1.46. The standard InChI is InChI=1S/C9H8N4O2S/c1-14-7-2-6(15-12-7)5-3-16-9-8(10)11-4-13(5)9/h2-4H,10H2,1H3. The lowest BCUT2D eigenvalue weighted by Gasteiger charge is -1.90. The summed E-state index contributed by atoms with van der Waals surface area (Å²) in [7, 11) is 1.54. The molecule has 0 radical (unpaired) electrons. The Morgan fingerprint density at radius 2 is 2.44 bits per heavy atom. The van der Waals surface area contributed by atoms with Gasteiger partial charge in [-0.2, -0.15) is 0 Å². The number of hydrogen-bond donors (Lipinski definition) is 1. The van der Waals surface area contributed by atoms with Crippen molar-refractivity contribution >= 4 is 22.0 Å². The van der Waals surface area contributed by atoms with Crippen LogP contribution in [-0.4, -0.2) is 21.7 Å². The Bertz CT molecular complexity index is 639. The minimum atomic E-state index is 0.447. The van der Waals surface area contributed by atoms with Crippen LogP contribution in [-0.2, 0) is 0 Å². The normalized spacial score (nSPS) is 11.1. The van der Waals surface area contributed by atoms with Crippen molar-refractivity contribution < 1.29 is 9.26 Å². The van der Waals surface area contributed by atoms with Gasteiger partial charge in [-0.15, -0.1) is 11.3 Å². The van der Waals surface area contributed by atoms with Crippen molar-refractivity contribution in [3.8, 4) is 17.3 Å². The van der Waals surface area contributed by atoms with Gasteiger partial charge in [0.25, 0.3) is 5.88 Å². The zero-order valence-corrected chi connectivity index (χ0v) is 9.19. The van der Waals surface area contributed by atoms with E-state index in [9.17, 15) is 0 Å². The van der Waals surface area contributed by atoms with Gasteiger partial charge in [0.15, 0.2) is 11.6 Å². The molecular formula is C9H8N4O2S. The number of methoxy groups -OCH3 is 1. The molecule has 0 amide bonds. The summed E-state index contributed by atoms with van der Waals surface area (Å²) in [5.41, 5.74) is 6.57. The first-order chi connectivity index (χ1) is 7.79. The van der Waals surface area contributed by atoms with Crippen LogP contribution in [0.1, 0.15) is 0 Å². The summed E-state index contributed by atoms with van der Waals surface area (Å²) in [6, 6.07) is 1.72. The van der Waals surface area contributed by atoms with Gasteiger partial charge < -0.3 is 15.0 Å². The molecule has 6 nitrogen and oxygen atoms in total. The minimum Gasteiger partial charge on any atom is -0.479 e. The van der Waals surface area contributed by atoms with E-state index in [1.165, 1.54) is 11.3 Å². The van der Waals surface area contributed by atoms with Gasteiger partial charge >= 0.3 is 0 Å². The third-order valence-corrected chi connectivity index (χ3v) is 3.21. The second-order valence-electron chi connectivity index (χ2n) is 3.16. The molecule has 3 aromatic rings. The summed E-state index contributed by atoms with van der Waals surface area (Å²) in [5, 5.41) is 5.68. The van der Waals surface area contributed by atoms with E-state index in [1.807, 2.05) is 9.78 Å². The number of aromatic nitrogens is 3. The molecule has 0 aliphatic heterocycles. The Kier molecular flexibility index (Phi) is 1.87. The predicted octanol–water partition coefficient (Wildman–Crippen LogP) is 1.64. The van der Waals surface area contributed by atoms with Gasteiger partial charge in [-0.1, -0.05) is 0 Å². The lowest BCUT2D eigenvalue weighted by Crippen LogP contribution is -1.83. The van der Waals surface area contributed by atoms with Gasteiger partial charge in [0, 0.05) is 5.38 Å². The van der Waals surface area contributed by atoms with Gasteiger partial charge in [0.1, 0.15) is 16.9 Å². The smallest absolute Gasteiger partial charge is 0.254 e. The zero-order valence-electron chi connectivity index (χ0n) is 8.38. The number of nitrogens with zero attached hydrogens (tertiary/aromatic N) is 3. The summed E-state index contributed by atoms with van der Waals surface area (Å²) >= 11 is 1.51.